The Morgan fingerprint density at radius 3 is 2.53 bits per heavy atom. The third-order valence-corrected chi connectivity index (χ3v) is 5.63. The highest BCUT2D eigenvalue weighted by molar-refractivity contribution is 7.99. The van der Waals surface area contributed by atoms with Crippen molar-refractivity contribution in [2.75, 3.05) is 16.4 Å². The largest absolute Gasteiger partial charge is 0.326 e. The minimum absolute atomic E-state index is 0.134. The van der Waals surface area contributed by atoms with Crippen molar-refractivity contribution in [3.8, 4) is 5.69 Å². The lowest BCUT2D eigenvalue weighted by atomic mass is 10.2. The van der Waals surface area contributed by atoms with Gasteiger partial charge >= 0.3 is 0 Å². The van der Waals surface area contributed by atoms with Gasteiger partial charge in [-0.1, -0.05) is 35.5 Å². The molecule has 154 valence electrons. The van der Waals surface area contributed by atoms with E-state index in [1.807, 2.05) is 28.8 Å². The fourth-order valence-corrected chi connectivity index (χ4v) is 3.99. The molecule has 0 bridgehead atoms. The second-order valence-electron chi connectivity index (χ2n) is 7.03. The number of nitrogens with zero attached hydrogens (tertiary/aromatic N) is 3. The van der Waals surface area contributed by atoms with Crippen molar-refractivity contribution in [1.29, 1.82) is 0 Å². The van der Waals surface area contributed by atoms with Gasteiger partial charge in [-0.2, -0.15) is 0 Å². The highest BCUT2D eigenvalue weighted by atomic mass is 35.5. The number of hydrogen-bond donors (Lipinski definition) is 2. The Kier molecular flexibility index (Phi) is 6.06. The minimum atomic E-state index is -0.156. The molecular formula is C21H20ClN5O2S. The topological polar surface area (TPSA) is 88.9 Å². The third-order valence-electron chi connectivity index (χ3n) is 4.47. The second-order valence-corrected chi connectivity index (χ2v) is 8.41. The predicted molar refractivity (Wildman–Crippen MR) is 118 cm³/mol. The lowest BCUT2D eigenvalue weighted by Crippen LogP contribution is -2.14. The van der Waals surface area contributed by atoms with Crippen LogP contribution < -0.4 is 10.6 Å². The van der Waals surface area contributed by atoms with Gasteiger partial charge in [0, 0.05) is 29.2 Å². The van der Waals surface area contributed by atoms with Crippen LogP contribution in [0.25, 0.3) is 5.69 Å². The fraction of sp³-hybridized carbons (Fsp3) is 0.238. The zero-order valence-electron chi connectivity index (χ0n) is 16.3. The van der Waals surface area contributed by atoms with Gasteiger partial charge < -0.3 is 10.6 Å². The van der Waals surface area contributed by atoms with Crippen molar-refractivity contribution in [1.82, 2.24) is 14.8 Å². The Bertz CT molecular complexity index is 1100. The molecule has 0 unspecified atom stereocenters. The molecule has 2 aromatic carbocycles. The molecule has 1 aromatic heterocycles. The molecule has 0 spiro atoms. The van der Waals surface area contributed by atoms with Crippen LogP contribution in [0, 0.1) is 0 Å². The maximum absolute atomic E-state index is 12.4. The summed E-state index contributed by atoms with van der Waals surface area (Å²) in [4.78, 5) is 23.8. The summed E-state index contributed by atoms with van der Waals surface area (Å²) >= 11 is 7.28. The summed E-state index contributed by atoms with van der Waals surface area (Å²) in [6, 6.07) is 14.5. The van der Waals surface area contributed by atoms with E-state index in [1.54, 1.807) is 24.3 Å². The summed E-state index contributed by atoms with van der Waals surface area (Å²) < 4.78 is 1.97. The number of carbonyl (C=O) groups excluding carboxylic acids is 2. The number of carbonyl (C=O) groups is 2. The van der Waals surface area contributed by atoms with Gasteiger partial charge in [-0.25, -0.2) is 0 Å². The van der Waals surface area contributed by atoms with Gasteiger partial charge in [0.2, 0.25) is 11.8 Å². The fourth-order valence-electron chi connectivity index (χ4n) is 3.04. The quantitative estimate of drug-likeness (QED) is 0.527. The minimum Gasteiger partial charge on any atom is -0.326 e. The normalized spacial score (nSPS) is 13.1. The molecule has 1 saturated carbocycles. The summed E-state index contributed by atoms with van der Waals surface area (Å²) in [6.45, 7) is 1.47. The van der Waals surface area contributed by atoms with Crippen LogP contribution in [-0.2, 0) is 9.59 Å². The number of hydrogen-bond acceptors (Lipinski definition) is 5. The summed E-state index contributed by atoms with van der Waals surface area (Å²) in [5.41, 5.74) is 2.20. The molecule has 0 radical (unpaired) electrons. The first-order chi connectivity index (χ1) is 14.5. The van der Waals surface area contributed by atoms with E-state index in [9.17, 15) is 9.59 Å². The van der Waals surface area contributed by atoms with E-state index in [4.69, 9.17) is 11.6 Å². The van der Waals surface area contributed by atoms with Gasteiger partial charge in [0.1, 0.15) is 5.82 Å². The van der Waals surface area contributed by atoms with Crippen LogP contribution in [0.2, 0.25) is 5.02 Å². The average Bonchev–Trinajstić information content (AvgIpc) is 3.45. The molecule has 9 heteroatoms. The number of nitrogens with one attached hydrogen (secondary N) is 2. The van der Waals surface area contributed by atoms with E-state index in [0.29, 0.717) is 27.5 Å². The second kappa shape index (κ2) is 8.89. The molecule has 1 aliphatic carbocycles. The molecule has 2 amide bonds. The molecule has 1 heterocycles. The van der Waals surface area contributed by atoms with Crippen LogP contribution in [0.3, 0.4) is 0 Å². The number of thioether (sulfide) groups is 1. The molecule has 7 nitrogen and oxygen atoms in total. The molecule has 0 atom stereocenters. The van der Waals surface area contributed by atoms with Gasteiger partial charge in [0.05, 0.1) is 11.4 Å². The van der Waals surface area contributed by atoms with E-state index in [2.05, 4.69) is 20.8 Å². The Morgan fingerprint density at radius 1 is 1.10 bits per heavy atom. The molecule has 30 heavy (non-hydrogen) atoms. The predicted octanol–water partition coefficient (Wildman–Crippen LogP) is 4.49. The summed E-state index contributed by atoms with van der Waals surface area (Å²) in [5.74, 6) is 1.15. The summed E-state index contributed by atoms with van der Waals surface area (Å²) in [7, 11) is 0. The first-order valence-corrected chi connectivity index (χ1v) is 10.9. The molecule has 4 rings (SSSR count). The molecule has 1 fully saturated rings. The highest BCUT2D eigenvalue weighted by Gasteiger charge is 2.31. The van der Waals surface area contributed by atoms with Crippen LogP contribution in [0.4, 0.5) is 11.4 Å². The molecule has 0 aliphatic heterocycles. The number of aromatic nitrogens is 3. The zero-order valence-corrected chi connectivity index (χ0v) is 17.8. The van der Waals surface area contributed by atoms with Crippen molar-refractivity contribution in [2.24, 2.45) is 0 Å². The first kappa shape index (κ1) is 20.4. The Hall–Kier alpha value is -2.84. The lowest BCUT2D eigenvalue weighted by Gasteiger charge is -2.12. The van der Waals surface area contributed by atoms with Gasteiger partial charge in [-0.05, 0) is 49.2 Å². The van der Waals surface area contributed by atoms with Crippen LogP contribution in [0.15, 0.2) is 53.7 Å². The molecule has 2 N–H and O–H groups in total. The molecule has 0 saturated heterocycles. The Morgan fingerprint density at radius 2 is 1.83 bits per heavy atom. The monoisotopic (exact) mass is 441 g/mol. The number of rotatable bonds is 7. The average molecular weight is 442 g/mol. The van der Waals surface area contributed by atoms with E-state index in [-0.39, 0.29) is 17.6 Å². The van der Waals surface area contributed by atoms with Gasteiger partial charge in [0.15, 0.2) is 5.16 Å². The van der Waals surface area contributed by atoms with Crippen molar-refractivity contribution < 1.29 is 9.59 Å². The smallest absolute Gasteiger partial charge is 0.234 e. The number of halogens is 1. The highest BCUT2D eigenvalue weighted by Crippen LogP contribution is 2.41. The first-order valence-electron chi connectivity index (χ1n) is 9.51. The van der Waals surface area contributed by atoms with Crippen molar-refractivity contribution in [2.45, 2.75) is 30.8 Å². The standard InChI is InChI=1S/C21H20ClN5O2S/c1-13(28)23-17-6-3-7-18(11-17)27-20(14-8-9-14)25-26-21(27)30-12-19(29)24-16-5-2-4-15(22)10-16/h2-7,10-11,14H,8-9,12H2,1H3,(H,23,28)(H,24,29). The SMILES string of the molecule is CC(=O)Nc1cccc(-n2c(SCC(=O)Nc3cccc(Cl)c3)nnc2C2CC2)c1. The number of amides is 2. The molecule has 1 aliphatic rings. The van der Waals surface area contributed by atoms with Gasteiger partial charge in [-0.15, -0.1) is 10.2 Å². The zero-order chi connectivity index (χ0) is 21.1. The van der Waals surface area contributed by atoms with Gasteiger partial charge in [0.25, 0.3) is 0 Å². The van der Waals surface area contributed by atoms with Gasteiger partial charge in [-0.3, -0.25) is 14.2 Å². The maximum atomic E-state index is 12.4. The Balaban J connectivity index is 1.53. The Labute approximate surface area is 183 Å². The van der Waals surface area contributed by atoms with Crippen LogP contribution in [-0.4, -0.2) is 32.3 Å². The third kappa shape index (κ3) is 5.01. The lowest BCUT2D eigenvalue weighted by molar-refractivity contribution is -0.114. The summed E-state index contributed by atoms with van der Waals surface area (Å²) in [5, 5.41) is 15.5. The van der Waals surface area contributed by atoms with Crippen LogP contribution in [0.5, 0.6) is 0 Å². The van der Waals surface area contributed by atoms with Crippen LogP contribution in [0.1, 0.15) is 31.5 Å². The van der Waals surface area contributed by atoms with Crippen molar-refractivity contribution in [3.05, 3.63) is 59.4 Å². The van der Waals surface area contributed by atoms with E-state index < -0.39 is 0 Å². The maximum Gasteiger partial charge on any atom is 0.234 e. The van der Waals surface area contributed by atoms with Crippen molar-refractivity contribution >= 4 is 46.6 Å². The summed E-state index contributed by atoms with van der Waals surface area (Å²) in [6.07, 6.45) is 2.15. The number of anilines is 2. The molecular weight excluding hydrogens is 422 g/mol. The van der Waals surface area contributed by atoms with E-state index >= 15 is 0 Å². The van der Waals surface area contributed by atoms with E-state index in [1.165, 1.54) is 18.7 Å². The van der Waals surface area contributed by atoms with E-state index in [0.717, 1.165) is 24.4 Å². The van der Waals surface area contributed by atoms with Crippen molar-refractivity contribution in [3.63, 3.8) is 0 Å². The van der Waals surface area contributed by atoms with Crippen LogP contribution >= 0.6 is 23.4 Å². The molecule has 3 aromatic rings. The number of benzene rings is 2.